The maximum absolute atomic E-state index is 11.7. The molecule has 5 aromatic carbocycles. The summed E-state index contributed by atoms with van der Waals surface area (Å²) in [7, 11) is 0. The second kappa shape index (κ2) is 14.3. The van der Waals surface area contributed by atoms with E-state index in [1.165, 1.54) is 11.1 Å². The first kappa shape index (κ1) is 34.4. The molecule has 0 amide bonds. The number of H-pyrrole nitrogens is 2. The Morgan fingerprint density at radius 1 is 0.424 bits per heavy atom. The number of benzene rings is 5. The summed E-state index contributed by atoms with van der Waals surface area (Å²) in [6, 6.07) is 54.7. The van der Waals surface area contributed by atoms with Crippen LogP contribution in [0.2, 0.25) is 0 Å². The number of carbonyl (C=O) groups is 1. The Balaban J connectivity index is 1.32. The molecule has 8 aromatic rings. The van der Waals surface area contributed by atoms with Gasteiger partial charge in [-0.1, -0.05) is 121 Å². The molecular weight excluding hydrogens is 723 g/mol. The Hall–Kier alpha value is -7.83. The third-order valence-corrected chi connectivity index (χ3v) is 11.5. The first-order valence-corrected chi connectivity index (χ1v) is 20.0. The van der Waals surface area contributed by atoms with Gasteiger partial charge in [-0.15, -0.1) is 0 Å². The second-order valence-electron chi connectivity index (χ2n) is 15.0. The van der Waals surface area contributed by atoms with Crippen LogP contribution in [0, 0.1) is 0 Å². The molecule has 0 radical (unpaired) electrons. The average Bonchev–Trinajstić information content (AvgIpc) is 4.13. The minimum atomic E-state index is 0.620. The van der Waals surface area contributed by atoms with Gasteiger partial charge in [0.25, 0.3) is 0 Å². The molecule has 2 N–H and O–H groups in total. The molecular formula is C53H37N5O. The number of hydrogen-bond acceptors (Lipinski definition) is 4. The zero-order chi connectivity index (χ0) is 39.3. The predicted molar refractivity (Wildman–Crippen MR) is 243 cm³/mol. The first-order valence-electron chi connectivity index (χ1n) is 20.0. The topological polar surface area (TPSA) is 77.7 Å². The summed E-state index contributed by atoms with van der Waals surface area (Å²) in [5.41, 5.74) is 19.5. The number of carbonyl (C=O) groups excluding carboxylic acids is 1. The fraction of sp³-hybridized carbons (Fsp3) is 0.0377. The van der Waals surface area contributed by atoms with Crippen molar-refractivity contribution in [1.82, 2.24) is 19.9 Å². The zero-order valence-corrected chi connectivity index (χ0v) is 32.1. The van der Waals surface area contributed by atoms with Gasteiger partial charge in [-0.25, -0.2) is 9.97 Å². The van der Waals surface area contributed by atoms with Gasteiger partial charge in [0.05, 0.1) is 34.0 Å². The van der Waals surface area contributed by atoms with Crippen LogP contribution in [0.5, 0.6) is 0 Å². The van der Waals surface area contributed by atoms with Gasteiger partial charge >= 0.3 is 0 Å². The molecule has 0 saturated heterocycles. The number of fused-ring (bicyclic) bond motifs is 10. The Labute approximate surface area is 341 Å². The van der Waals surface area contributed by atoms with Crippen LogP contribution < -0.4 is 4.90 Å². The molecule has 0 atom stereocenters. The maximum atomic E-state index is 11.7. The molecule has 3 aliphatic heterocycles. The highest BCUT2D eigenvalue weighted by atomic mass is 16.1. The summed E-state index contributed by atoms with van der Waals surface area (Å²) < 4.78 is 0. The van der Waals surface area contributed by atoms with E-state index in [0.29, 0.717) is 5.56 Å². The minimum absolute atomic E-state index is 0.620. The number of aromatic amines is 2. The Morgan fingerprint density at radius 3 is 1.34 bits per heavy atom. The normalized spacial score (nSPS) is 12.8. The largest absolute Gasteiger partial charge is 0.354 e. The summed E-state index contributed by atoms with van der Waals surface area (Å²) in [5.74, 6) is 0. The fourth-order valence-corrected chi connectivity index (χ4v) is 8.80. The van der Waals surface area contributed by atoms with Crippen molar-refractivity contribution in [2.24, 2.45) is 0 Å². The van der Waals surface area contributed by atoms with Gasteiger partial charge in [0.2, 0.25) is 0 Å². The lowest BCUT2D eigenvalue weighted by Gasteiger charge is -2.27. The molecule has 59 heavy (non-hydrogen) atoms. The van der Waals surface area contributed by atoms with Gasteiger partial charge in [-0.2, -0.15) is 0 Å². The van der Waals surface area contributed by atoms with Crippen LogP contribution in [-0.4, -0.2) is 26.2 Å². The van der Waals surface area contributed by atoms with Crippen molar-refractivity contribution >= 4 is 69.7 Å². The van der Waals surface area contributed by atoms with Crippen molar-refractivity contribution in [3.63, 3.8) is 0 Å². The van der Waals surface area contributed by atoms with Crippen molar-refractivity contribution < 1.29 is 4.79 Å². The summed E-state index contributed by atoms with van der Waals surface area (Å²) in [6.45, 7) is 0. The summed E-state index contributed by atoms with van der Waals surface area (Å²) in [4.78, 5) is 32.8. The number of para-hydroxylation sites is 2. The van der Waals surface area contributed by atoms with E-state index in [4.69, 9.17) is 9.97 Å². The van der Waals surface area contributed by atoms with Gasteiger partial charge in [0.1, 0.15) is 6.29 Å². The summed E-state index contributed by atoms with van der Waals surface area (Å²) in [5, 5.41) is 0. The van der Waals surface area contributed by atoms with Crippen molar-refractivity contribution in [2.75, 3.05) is 4.90 Å². The van der Waals surface area contributed by atoms with Crippen molar-refractivity contribution in [3.8, 4) is 33.4 Å². The highest BCUT2D eigenvalue weighted by Gasteiger charge is 2.27. The molecule has 0 fully saturated rings. The Bertz CT molecular complexity index is 3090. The van der Waals surface area contributed by atoms with Gasteiger partial charge in [0, 0.05) is 50.2 Å². The van der Waals surface area contributed by atoms with Gasteiger partial charge < -0.3 is 14.9 Å². The van der Waals surface area contributed by atoms with Crippen LogP contribution in [0.3, 0.4) is 0 Å². The first-order chi connectivity index (χ1) is 29.2. The number of anilines is 3. The average molecular weight is 760 g/mol. The fourth-order valence-electron chi connectivity index (χ4n) is 8.80. The zero-order valence-electron chi connectivity index (χ0n) is 32.1. The lowest BCUT2D eigenvalue weighted by atomic mass is 10.0. The standard InChI is InChI=1S/C53H37N5O/c59-33-34-19-21-39(22-20-34)52-42-27-25-40(54-42)50(37-13-3-1-4-14-37)44-29-31-46(56-44)53(58-48-17-9-7-11-35(48)23-24-36-12-8-10-18-49(36)58)47-32-30-45(57-47)51(38-15-5-2-6-16-38)41-26-28-43(52)55-41/h1-22,25-33,54,57H,23-24H2. The molecule has 6 nitrogen and oxygen atoms in total. The predicted octanol–water partition coefficient (Wildman–Crippen LogP) is 13.0. The molecule has 3 aliphatic rings. The molecule has 0 unspecified atom stereocenters. The van der Waals surface area contributed by atoms with E-state index in [9.17, 15) is 4.79 Å². The monoisotopic (exact) mass is 759 g/mol. The minimum Gasteiger partial charge on any atom is -0.354 e. The van der Waals surface area contributed by atoms with Crippen molar-refractivity contribution in [2.45, 2.75) is 12.8 Å². The van der Waals surface area contributed by atoms with E-state index >= 15 is 0 Å². The molecule has 280 valence electrons. The van der Waals surface area contributed by atoms with E-state index in [2.05, 4.69) is 160 Å². The molecule has 0 spiro atoms. The second-order valence-corrected chi connectivity index (χ2v) is 15.0. The third-order valence-electron chi connectivity index (χ3n) is 11.5. The number of aldehydes is 1. The molecule has 6 heterocycles. The van der Waals surface area contributed by atoms with E-state index in [1.54, 1.807) is 0 Å². The molecule has 11 rings (SSSR count). The summed E-state index contributed by atoms with van der Waals surface area (Å²) >= 11 is 0. The molecule has 8 bridgehead atoms. The highest BCUT2D eigenvalue weighted by molar-refractivity contribution is 6.01. The maximum Gasteiger partial charge on any atom is 0.150 e. The van der Waals surface area contributed by atoms with Gasteiger partial charge in [-0.3, -0.25) is 4.79 Å². The van der Waals surface area contributed by atoms with E-state index in [-0.39, 0.29) is 0 Å². The molecule has 0 saturated carbocycles. The Kier molecular flexibility index (Phi) is 8.33. The number of aryl methyl sites for hydroxylation is 2. The molecule has 0 aliphatic carbocycles. The number of aromatic nitrogens is 4. The quantitative estimate of drug-likeness (QED) is 0.171. The number of rotatable bonds is 5. The van der Waals surface area contributed by atoms with Crippen LogP contribution in [0.1, 0.15) is 44.3 Å². The van der Waals surface area contributed by atoms with E-state index < -0.39 is 0 Å². The van der Waals surface area contributed by atoms with Crippen LogP contribution in [0.15, 0.2) is 158 Å². The van der Waals surface area contributed by atoms with Crippen molar-refractivity contribution in [3.05, 3.63) is 197 Å². The number of nitrogens with one attached hydrogen (secondary N) is 2. The van der Waals surface area contributed by atoms with E-state index in [1.807, 2.05) is 36.4 Å². The Morgan fingerprint density at radius 2 is 0.831 bits per heavy atom. The molecule has 3 aromatic heterocycles. The van der Waals surface area contributed by atoms with Crippen LogP contribution in [0.25, 0.3) is 79.8 Å². The van der Waals surface area contributed by atoms with Gasteiger partial charge in [0.15, 0.2) is 0 Å². The summed E-state index contributed by atoms with van der Waals surface area (Å²) in [6.07, 6.45) is 11.3. The lowest BCUT2D eigenvalue weighted by molar-refractivity contribution is 0.112. The van der Waals surface area contributed by atoms with Crippen LogP contribution in [-0.2, 0) is 12.8 Å². The van der Waals surface area contributed by atoms with Crippen LogP contribution >= 0.6 is 0 Å². The molecule has 6 heteroatoms. The SMILES string of the molecule is O=Cc1ccc(-c2c3nc(c(-c4ccccc4)c4ccc([nH]4)c(N4c5ccccc5CCc5ccccc54)c4nc(c(-c5ccccc5)c5ccc2[nH]5)C=C4)C=C3)cc1. The number of hydrogen-bond donors (Lipinski definition) is 2. The smallest absolute Gasteiger partial charge is 0.150 e. The van der Waals surface area contributed by atoms with Crippen LogP contribution in [0.4, 0.5) is 17.1 Å². The lowest BCUT2D eigenvalue weighted by Crippen LogP contribution is -2.13. The van der Waals surface area contributed by atoms with Gasteiger partial charge in [-0.05, 0) is 101 Å². The third kappa shape index (κ3) is 6.01. The highest BCUT2D eigenvalue weighted by Crippen LogP contribution is 2.46. The number of nitrogens with zero attached hydrogens (tertiary/aromatic N) is 3. The van der Waals surface area contributed by atoms with Crippen molar-refractivity contribution in [1.29, 1.82) is 0 Å². The van der Waals surface area contributed by atoms with E-state index in [0.717, 1.165) is 114 Å².